The quantitative estimate of drug-likeness (QED) is 0.501. The van der Waals surface area contributed by atoms with Gasteiger partial charge >= 0.3 is 0 Å². The molecule has 1 atom stereocenters. The normalized spacial score (nSPS) is 19.9. The molecule has 0 aromatic heterocycles. The average molecular weight is 413 g/mol. The minimum atomic E-state index is -0.200. The molecule has 1 unspecified atom stereocenters. The van der Waals surface area contributed by atoms with E-state index in [2.05, 4.69) is 52.0 Å². The Morgan fingerprint density at radius 2 is 1.71 bits per heavy atom. The van der Waals surface area contributed by atoms with E-state index in [1.165, 1.54) is 5.56 Å². The number of phenols is 1. The van der Waals surface area contributed by atoms with Crippen LogP contribution in [0.1, 0.15) is 69.1 Å². The summed E-state index contributed by atoms with van der Waals surface area (Å²) in [6.07, 6.45) is 1.26. The van der Waals surface area contributed by atoms with Crippen molar-refractivity contribution in [3.8, 4) is 11.5 Å². The second-order valence-electron chi connectivity index (χ2n) is 10.0. The number of hydrogen-bond acceptors (Lipinski definition) is 3. The summed E-state index contributed by atoms with van der Waals surface area (Å²) < 4.78 is 6.38. The van der Waals surface area contributed by atoms with Crippen molar-refractivity contribution in [1.29, 1.82) is 0 Å². The Kier molecular flexibility index (Phi) is 4.47. The van der Waals surface area contributed by atoms with Crippen molar-refractivity contribution in [2.45, 2.75) is 52.4 Å². The fourth-order valence-electron chi connectivity index (χ4n) is 5.07. The van der Waals surface area contributed by atoms with Crippen molar-refractivity contribution >= 4 is 16.6 Å². The number of aromatic hydroxyl groups is 1. The lowest BCUT2D eigenvalue weighted by molar-refractivity contribution is -0.118. The first-order valence-corrected chi connectivity index (χ1v) is 11.0. The van der Waals surface area contributed by atoms with Crippen molar-refractivity contribution in [3.63, 3.8) is 0 Å². The number of Topliss-reactive ketones (excluding diaryl/α,β-unsaturated/α-hetero) is 1. The summed E-state index contributed by atoms with van der Waals surface area (Å²) in [7, 11) is 0. The fraction of sp³-hybridized carbons (Fsp3) is 0.321. The highest BCUT2D eigenvalue weighted by atomic mass is 16.5. The van der Waals surface area contributed by atoms with Crippen LogP contribution in [-0.2, 0) is 4.79 Å². The van der Waals surface area contributed by atoms with E-state index in [0.717, 1.165) is 45.4 Å². The smallest absolute Gasteiger partial charge is 0.163 e. The van der Waals surface area contributed by atoms with Crippen molar-refractivity contribution in [2.75, 3.05) is 0 Å². The maximum atomic E-state index is 13.4. The number of carbonyl (C=O) groups excluding carboxylic acids is 1. The zero-order valence-corrected chi connectivity index (χ0v) is 18.5. The molecule has 2 aliphatic rings. The van der Waals surface area contributed by atoms with Gasteiger partial charge in [-0.2, -0.15) is 0 Å². The lowest BCUT2D eigenvalue weighted by Gasteiger charge is -2.38. The van der Waals surface area contributed by atoms with Crippen LogP contribution in [0.2, 0.25) is 0 Å². The molecule has 1 aliphatic heterocycles. The van der Waals surface area contributed by atoms with Gasteiger partial charge in [0.25, 0.3) is 0 Å². The Balaban J connectivity index is 1.78. The maximum Gasteiger partial charge on any atom is 0.163 e. The van der Waals surface area contributed by atoms with Crippen LogP contribution < -0.4 is 4.74 Å². The van der Waals surface area contributed by atoms with Crippen LogP contribution in [0, 0.1) is 5.41 Å². The molecule has 31 heavy (non-hydrogen) atoms. The molecule has 0 fully saturated rings. The fourth-order valence-corrected chi connectivity index (χ4v) is 5.07. The van der Waals surface area contributed by atoms with Crippen molar-refractivity contribution in [2.24, 2.45) is 5.41 Å². The summed E-state index contributed by atoms with van der Waals surface area (Å²) in [6, 6.07) is 18.0. The monoisotopic (exact) mass is 412 g/mol. The molecule has 0 spiro atoms. The van der Waals surface area contributed by atoms with Crippen LogP contribution in [0.5, 0.6) is 11.5 Å². The predicted octanol–water partition coefficient (Wildman–Crippen LogP) is 6.84. The lowest BCUT2D eigenvalue weighted by Crippen LogP contribution is -2.33. The Morgan fingerprint density at radius 3 is 2.42 bits per heavy atom. The predicted molar refractivity (Wildman–Crippen MR) is 124 cm³/mol. The molecule has 0 bridgehead atoms. The Hall–Kier alpha value is -3.07. The lowest BCUT2D eigenvalue weighted by atomic mass is 9.69. The highest BCUT2D eigenvalue weighted by Crippen LogP contribution is 2.52. The Bertz CT molecular complexity index is 1230. The molecular formula is C28H28O3. The molecule has 3 nitrogen and oxygen atoms in total. The topological polar surface area (TPSA) is 46.5 Å². The van der Waals surface area contributed by atoms with Gasteiger partial charge in [-0.15, -0.1) is 0 Å². The van der Waals surface area contributed by atoms with Gasteiger partial charge < -0.3 is 9.84 Å². The van der Waals surface area contributed by atoms with Crippen LogP contribution >= 0.6 is 0 Å². The van der Waals surface area contributed by atoms with Crippen molar-refractivity contribution in [1.82, 2.24) is 0 Å². The summed E-state index contributed by atoms with van der Waals surface area (Å²) in [5.41, 5.74) is 3.99. The van der Waals surface area contributed by atoms with E-state index in [1.54, 1.807) is 12.1 Å². The molecule has 1 heterocycles. The number of ketones is 1. The van der Waals surface area contributed by atoms with Gasteiger partial charge in [0.15, 0.2) is 5.78 Å². The van der Waals surface area contributed by atoms with E-state index in [0.29, 0.717) is 12.3 Å². The average Bonchev–Trinajstić information content (AvgIpc) is 2.71. The van der Waals surface area contributed by atoms with Crippen LogP contribution in [0.4, 0.5) is 0 Å². The Labute approximate surface area is 183 Å². The molecule has 0 saturated heterocycles. The molecule has 1 aliphatic carbocycles. The third kappa shape index (κ3) is 3.33. The zero-order chi connectivity index (χ0) is 21.9. The molecule has 3 aromatic carbocycles. The van der Waals surface area contributed by atoms with E-state index in [4.69, 9.17) is 4.74 Å². The molecule has 0 radical (unpaired) electrons. The first-order valence-electron chi connectivity index (χ1n) is 11.0. The van der Waals surface area contributed by atoms with Gasteiger partial charge in [-0.1, -0.05) is 64.1 Å². The number of hydrogen-bond donors (Lipinski definition) is 1. The first kappa shape index (κ1) is 19.9. The molecule has 3 aromatic rings. The van der Waals surface area contributed by atoms with Crippen LogP contribution in [-0.4, -0.2) is 10.9 Å². The maximum absolute atomic E-state index is 13.4. The summed E-state index contributed by atoms with van der Waals surface area (Å²) in [5.74, 6) is 2.19. The molecule has 5 rings (SSSR count). The minimum Gasteiger partial charge on any atom is -0.508 e. The molecule has 1 N–H and O–H groups in total. The third-order valence-corrected chi connectivity index (χ3v) is 6.63. The van der Waals surface area contributed by atoms with E-state index < -0.39 is 0 Å². The highest BCUT2D eigenvalue weighted by molar-refractivity contribution is 6.02. The van der Waals surface area contributed by atoms with Crippen molar-refractivity contribution in [3.05, 3.63) is 82.6 Å². The minimum absolute atomic E-state index is 0.116. The van der Waals surface area contributed by atoms with E-state index in [9.17, 15) is 9.90 Å². The number of allylic oxidation sites excluding steroid dienone is 2. The number of rotatable bonds is 2. The van der Waals surface area contributed by atoms with Crippen molar-refractivity contribution < 1.29 is 14.6 Å². The van der Waals surface area contributed by atoms with Crippen LogP contribution in [0.3, 0.4) is 0 Å². The van der Waals surface area contributed by atoms with Gasteiger partial charge in [0.05, 0.1) is 0 Å². The molecule has 158 valence electrons. The summed E-state index contributed by atoms with van der Waals surface area (Å²) in [6.45, 7) is 8.61. The number of benzene rings is 3. The number of fused-ring (bicyclic) bond motifs is 3. The summed E-state index contributed by atoms with van der Waals surface area (Å²) in [5, 5.41) is 12.2. The summed E-state index contributed by atoms with van der Waals surface area (Å²) >= 11 is 0. The molecule has 3 heteroatoms. The van der Waals surface area contributed by atoms with Gasteiger partial charge in [0.1, 0.15) is 17.3 Å². The van der Waals surface area contributed by atoms with Crippen LogP contribution in [0.25, 0.3) is 10.8 Å². The van der Waals surface area contributed by atoms with Crippen LogP contribution in [0.15, 0.2) is 65.9 Å². The van der Waals surface area contributed by atoms with Gasteiger partial charge in [-0.05, 0) is 51.4 Å². The Morgan fingerprint density at radius 1 is 1.00 bits per heavy atom. The highest BCUT2D eigenvalue weighted by Gasteiger charge is 2.42. The summed E-state index contributed by atoms with van der Waals surface area (Å²) in [4.78, 5) is 13.4. The molecule has 0 amide bonds. The van der Waals surface area contributed by atoms with E-state index >= 15 is 0 Å². The van der Waals surface area contributed by atoms with Gasteiger partial charge in [-0.3, -0.25) is 4.79 Å². The second-order valence-corrected chi connectivity index (χ2v) is 10.0. The number of phenolic OH excluding ortho intramolecular Hbond substituents is 1. The molecular weight excluding hydrogens is 384 g/mol. The van der Waals surface area contributed by atoms with Gasteiger partial charge in [0.2, 0.25) is 0 Å². The van der Waals surface area contributed by atoms with E-state index in [-0.39, 0.29) is 22.9 Å². The largest absolute Gasteiger partial charge is 0.508 e. The zero-order valence-electron chi connectivity index (χ0n) is 18.5. The number of ether oxygens (including phenoxy) is 1. The van der Waals surface area contributed by atoms with E-state index in [1.807, 2.05) is 18.2 Å². The third-order valence-electron chi connectivity index (χ3n) is 6.63. The first-order chi connectivity index (χ1) is 14.7. The standard InChI is InChI=1S/C28H28O3/c1-16(2)17-5-7-19(8-6-17)25-26-21-13-20(29)11-9-18(21)10-12-23(26)31-24-15-28(3,4)14-22(30)27(24)25/h5-13,16,25,29H,14-15H2,1-4H3. The SMILES string of the molecule is CC(C)c1ccc(C2C3=C(CC(C)(C)CC3=O)Oc3ccc4ccc(O)cc4c32)cc1. The van der Waals surface area contributed by atoms with Gasteiger partial charge in [0, 0.05) is 29.9 Å². The molecule has 0 saturated carbocycles. The van der Waals surface area contributed by atoms with Gasteiger partial charge in [-0.25, -0.2) is 0 Å². The number of carbonyl (C=O) groups is 1. The second kappa shape index (κ2) is 6.98.